The molecule has 3 aliphatic heterocycles. The molecule has 1 aromatic heterocycles. The molecule has 0 unspecified atom stereocenters. The van der Waals surface area contributed by atoms with Crippen LogP contribution >= 0.6 is 0 Å². The lowest BCUT2D eigenvalue weighted by Crippen LogP contribution is -2.61. The maximum absolute atomic E-state index is 6.78. The van der Waals surface area contributed by atoms with E-state index in [1.165, 1.54) is 88.6 Å². The minimum absolute atomic E-state index is 0.0356. The number of aromatic nitrogens is 1. The van der Waals surface area contributed by atoms with E-state index in [9.17, 15) is 0 Å². The molecule has 11 rings (SSSR count). The van der Waals surface area contributed by atoms with Crippen molar-refractivity contribution in [3.8, 4) is 39.4 Å². The van der Waals surface area contributed by atoms with Gasteiger partial charge in [0.2, 0.25) is 0 Å². The molecule has 51 heavy (non-hydrogen) atoms. The van der Waals surface area contributed by atoms with Crippen molar-refractivity contribution in [1.29, 1.82) is 0 Å². The van der Waals surface area contributed by atoms with Gasteiger partial charge in [0.05, 0.1) is 22.4 Å². The summed E-state index contributed by atoms with van der Waals surface area (Å²) in [5.74, 6) is 1.83. The molecule has 0 atom stereocenters. The van der Waals surface area contributed by atoms with Crippen LogP contribution < -0.4 is 20.5 Å². The van der Waals surface area contributed by atoms with Gasteiger partial charge in [-0.25, -0.2) is 0 Å². The molecule has 0 saturated heterocycles. The van der Waals surface area contributed by atoms with E-state index in [0.29, 0.717) is 0 Å². The first-order valence-corrected chi connectivity index (χ1v) is 18.5. The van der Waals surface area contributed by atoms with Crippen molar-refractivity contribution < 1.29 is 4.74 Å². The highest BCUT2D eigenvalue weighted by Crippen LogP contribution is 2.59. The first kappa shape index (κ1) is 29.5. The second-order valence-corrected chi connectivity index (χ2v) is 17.8. The van der Waals surface area contributed by atoms with Gasteiger partial charge in [-0.15, -0.1) is 0 Å². The summed E-state index contributed by atoms with van der Waals surface area (Å²) >= 11 is 0. The Morgan fingerprint density at radius 1 is 0.627 bits per heavy atom. The van der Waals surface area contributed by atoms with Crippen molar-refractivity contribution in [2.75, 3.05) is 4.81 Å². The van der Waals surface area contributed by atoms with E-state index < -0.39 is 0 Å². The SMILES string of the molecule is CC(C)(C)c1ccc2c(c1)c1cc(C(C)(C)C)cc3c1n2-c1cc2c(c4c1B3N1c3ccccc3Oc3cccc-4c31)C(C)(C)c1ccccc1-2. The van der Waals surface area contributed by atoms with Gasteiger partial charge in [0.15, 0.2) is 5.75 Å². The summed E-state index contributed by atoms with van der Waals surface area (Å²) in [7, 11) is 0. The van der Waals surface area contributed by atoms with Gasteiger partial charge in [0.25, 0.3) is 0 Å². The Hall–Kier alpha value is -5.22. The number of hydrogen-bond acceptors (Lipinski definition) is 2. The van der Waals surface area contributed by atoms with Gasteiger partial charge in [-0.3, -0.25) is 0 Å². The maximum atomic E-state index is 6.78. The summed E-state index contributed by atoms with van der Waals surface area (Å²) < 4.78 is 9.41. The van der Waals surface area contributed by atoms with Gasteiger partial charge in [0, 0.05) is 27.4 Å². The highest BCUT2D eigenvalue weighted by atomic mass is 16.5. The fourth-order valence-corrected chi connectivity index (χ4v) is 9.95. The molecule has 1 aliphatic carbocycles. The van der Waals surface area contributed by atoms with Crippen LogP contribution in [-0.2, 0) is 16.2 Å². The van der Waals surface area contributed by atoms with Crippen LogP contribution in [0, 0.1) is 0 Å². The molecule has 4 heterocycles. The van der Waals surface area contributed by atoms with Crippen LogP contribution in [0.2, 0.25) is 0 Å². The molecule has 248 valence electrons. The number of anilines is 2. The molecule has 0 bridgehead atoms. The molecule has 0 N–H and O–H groups in total. The highest BCUT2D eigenvalue weighted by molar-refractivity contribution is 6.94. The number of benzene rings is 6. The molecule has 4 heteroatoms. The van der Waals surface area contributed by atoms with Gasteiger partial charge >= 0.3 is 6.85 Å². The largest absolute Gasteiger partial charge is 0.453 e. The van der Waals surface area contributed by atoms with E-state index in [1.807, 2.05) is 0 Å². The van der Waals surface area contributed by atoms with Crippen molar-refractivity contribution in [2.45, 2.75) is 71.6 Å². The standard InChI is InChI=1S/C47H41BN2O/c1-45(2,3)26-20-21-35-30(22-26)32-23-27(46(4,5)6)24-34-43(32)49(35)37-25-31-28-14-9-10-16-33(28)47(7,8)41(31)40-29-15-13-19-39-44(29)50(48(34)42(37)40)36-17-11-12-18-38(36)51-39/h9-25H,1-8H3. The molecule has 0 amide bonds. The van der Waals surface area contributed by atoms with Crippen molar-refractivity contribution in [3.05, 3.63) is 125 Å². The smallest absolute Gasteiger partial charge is 0.333 e. The third-order valence-corrected chi connectivity index (χ3v) is 12.4. The minimum Gasteiger partial charge on any atom is -0.453 e. The molecule has 3 nitrogen and oxygen atoms in total. The average Bonchev–Trinajstić information content (AvgIpc) is 3.55. The van der Waals surface area contributed by atoms with E-state index in [4.69, 9.17) is 4.74 Å². The number of fused-ring (bicyclic) bond motifs is 13. The third-order valence-electron chi connectivity index (χ3n) is 12.4. The van der Waals surface area contributed by atoms with Crippen LogP contribution in [-0.4, -0.2) is 11.4 Å². The fraction of sp³-hybridized carbons (Fsp3) is 0.234. The van der Waals surface area contributed by atoms with E-state index in [1.54, 1.807) is 0 Å². The van der Waals surface area contributed by atoms with E-state index >= 15 is 0 Å². The molecule has 0 saturated carbocycles. The zero-order valence-corrected chi connectivity index (χ0v) is 30.7. The Morgan fingerprint density at radius 2 is 1.33 bits per heavy atom. The lowest BCUT2D eigenvalue weighted by Gasteiger charge is -2.46. The van der Waals surface area contributed by atoms with Crippen molar-refractivity contribution >= 4 is 51.0 Å². The second kappa shape index (κ2) is 9.17. The molecule has 7 aromatic rings. The van der Waals surface area contributed by atoms with Gasteiger partial charge < -0.3 is 14.1 Å². The molecule has 6 aromatic carbocycles. The Balaban J connectivity index is 1.39. The number of hydrogen-bond donors (Lipinski definition) is 0. The Bertz CT molecular complexity index is 2730. The van der Waals surface area contributed by atoms with Crippen LogP contribution in [0.4, 0.5) is 11.4 Å². The summed E-state index contributed by atoms with van der Waals surface area (Å²) in [5, 5.41) is 2.67. The molecular weight excluding hydrogens is 619 g/mol. The summed E-state index contributed by atoms with van der Waals surface area (Å²) in [5.41, 5.74) is 19.6. The first-order valence-electron chi connectivity index (χ1n) is 18.5. The number of rotatable bonds is 0. The third kappa shape index (κ3) is 3.56. The average molecular weight is 661 g/mol. The van der Waals surface area contributed by atoms with Crippen molar-refractivity contribution in [2.24, 2.45) is 0 Å². The molecular formula is C47H41BN2O. The molecule has 0 radical (unpaired) electrons. The van der Waals surface area contributed by atoms with Crippen LogP contribution in [0.5, 0.6) is 11.5 Å². The second-order valence-electron chi connectivity index (χ2n) is 17.8. The molecule has 0 fully saturated rings. The van der Waals surface area contributed by atoms with Gasteiger partial charge in [-0.05, 0) is 103 Å². The first-order chi connectivity index (χ1) is 24.3. The van der Waals surface area contributed by atoms with Crippen molar-refractivity contribution in [1.82, 2.24) is 4.57 Å². The molecule has 4 aliphatic rings. The normalized spacial score (nSPS) is 15.7. The van der Waals surface area contributed by atoms with Crippen LogP contribution in [0.25, 0.3) is 49.7 Å². The van der Waals surface area contributed by atoms with E-state index in [0.717, 1.165) is 17.2 Å². The summed E-state index contributed by atoms with van der Waals surface area (Å²) in [6, 6.07) is 39.2. The molecule has 0 spiro atoms. The minimum atomic E-state index is -0.178. The zero-order chi connectivity index (χ0) is 34.9. The predicted octanol–water partition coefficient (Wildman–Crippen LogP) is 11.0. The lowest BCUT2D eigenvalue weighted by molar-refractivity contribution is 0.478. The van der Waals surface area contributed by atoms with Crippen molar-refractivity contribution in [3.63, 3.8) is 0 Å². The monoisotopic (exact) mass is 660 g/mol. The Kier molecular flexibility index (Phi) is 5.30. The fourth-order valence-electron chi connectivity index (χ4n) is 9.95. The lowest BCUT2D eigenvalue weighted by atomic mass is 9.43. The number of nitrogens with zero attached hydrogens (tertiary/aromatic N) is 2. The van der Waals surface area contributed by atoms with Crippen LogP contribution in [0.1, 0.15) is 77.6 Å². The zero-order valence-electron chi connectivity index (χ0n) is 30.7. The topological polar surface area (TPSA) is 17.4 Å². The highest BCUT2D eigenvalue weighted by Gasteiger charge is 2.51. The van der Waals surface area contributed by atoms with Gasteiger partial charge in [0.1, 0.15) is 5.75 Å². The number of ether oxygens (including phenoxy) is 1. The van der Waals surface area contributed by atoms with Crippen LogP contribution in [0.15, 0.2) is 103 Å². The quantitative estimate of drug-likeness (QED) is 0.151. The number of para-hydroxylation sites is 3. The maximum Gasteiger partial charge on any atom is 0.333 e. The van der Waals surface area contributed by atoms with Gasteiger partial charge in [-0.2, -0.15) is 0 Å². The van der Waals surface area contributed by atoms with E-state index in [2.05, 4.69) is 168 Å². The predicted molar refractivity (Wildman–Crippen MR) is 215 cm³/mol. The summed E-state index contributed by atoms with van der Waals surface area (Å²) in [6.07, 6.45) is 0. The van der Waals surface area contributed by atoms with E-state index in [-0.39, 0.29) is 23.1 Å². The van der Waals surface area contributed by atoms with Crippen LogP contribution in [0.3, 0.4) is 0 Å². The van der Waals surface area contributed by atoms with Gasteiger partial charge in [-0.1, -0.05) is 116 Å². The Morgan fingerprint density at radius 3 is 2.14 bits per heavy atom. The summed E-state index contributed by atoms with van der Waals surface area (Å²) in [4.78, 5) is 2.62. The summed E-state index contributed by atoms with van der Waals surface area (Å²) in [6.45, 7) is 18.8. The Labute approximate surface area is 300 Å².